The van der Waals surface area contributed by atoms with E-state index in [9.17, 15) is 9.18 Å². The van der Waals surface area contributed by atoms with Gasteiger partial charge < -0.3 is 10.1 Å². The summed E-state index contributed by atoms with van der Waals surface area (Å²) in [5.41, 5.74) is 1.25. The van der Waals surface area contributed by atoms with E-state index in [1.807, 2.05) is 0 Å². The smallest absolute Gasteiger partial charge is 0.241 e. The summed E-state index contributed by atoms with van der Waals surface area (Å²) in [5.74, 6) is 1.71. The molecule has 0 saturated carbocycles. The Hall–Kier alpha value is -3.36. The fraction of sp³-hybridized carbons (Fsp3) is 0.316. The van der Waals surface area contributed by atoms with Crippen LogP contribution in [0, 0.1) is 19.7 Å². The van der Waals surface area contributed by atoms with Crippen LogP contribution in [0.15, 0.2) is 30.6 Å². The molecule has 2 aromatic heterocycles. The molecular formula is C19H19FN6O2. The van der Waals surface area contributed by atoms with Gasteiger partial charge in [0.1, 0.15) is 35.9 Å². The molecule has 3 aromatic rings. The van der Waals surface area contributed by atoms with Crippen molar-refractivity contribution in [1.29, 1.82) is 0 Å². The minimum atomic E-state index is -0.369. The first-order valence-electron chi connectivity index (χ1n) is 8.91. The first-order valence-corrected chi connectivity index (χ1v) is 8.91. The van der Waals surface area contributed by atoms with Crippen molar-refractivity contribution in [3.05, 3.63) is 53.6 Å². The number of nitrogens with one attached hydrogen (secondary N) is 1. The van der Waals surface area contributed by atoms with Crippen LogP contribution >= 0.6 is 0 Å². The predicted molar refractivity (Wildman–Crippen MR) is 98.1 cm³/mol. The van der Waals surface area contributed by atoms with Gasteiger partial charge in [0, 0.05) is 24.4 Å². The number of halogens is 1. The standard InChI is InChI=1S/C19H19FN6O2/c1-11-24-12(2)26(25-11)10-17(27)23-9-15-7-13-6-14(20)8-16(18(13)28-15)19-21-4-3-5-22-19/h3-6,8,15H,7,9-10H2,1-2H3,(H,23,27). The minimum Gasteiger partial charge on any atom is -0.487 e. The molecule has 0 bridgehead atoms. The van der Waals surface area contributed by atoms with E-state index in [0.717, 1.165) is 5.56 Å². The number of aryl methyl sites for hydroxylation is 2. The van der Waals surface area contributed by atoms with Crippen molar-refractivity contribution in [2.75, 3.05) is 6.54 Å². The van der Waals surface area contributed by atoms with Crippen LogP contribution in [0.25, 0.3) is 11.4 Å². The van der Waals surface area contributed by atoms with Crippen molar-refractivity contribution in [3.63, 3.8) is 0 Å². The van der Waals surface area contributed by atoms with Gasteiger partial charge in [-0.2, -0.15) is 5.10 Å². The Balaban J connectivity index is 1.42. The van der Waals surface area contributed by atoms with E-state index in [2.05, 4.69) is 25.4 Å². The summed E-state index contributed by atoms with van der Waals surface area (Å²) in [6.07, 6.45) is 3.40. The van der Waals surface area contributed by atoms with Crippen LogP contribution in [0.2, 0.25) is 0 Å². The molecule has 0 radical (unpaired) electrons. The van der Waals surface area contributed by atoms with Gasteiger partial charge in [0.25, 0.3) is 0 Å². The fourth-order valence-corrected chi connectivity index (χ4v) is 3.24. The summed E-state index contributed by atoms with van der Waals surface area (Å²) in [6, 6.07) is 4.51. The van der Waals surface area contributed by atoms with Crippen LogP contribution in [0.3, 0.4) is 0 Å². The lowest BCUT2D eigenvalue weighted by Crippen LogP contribution is -2.36. The number of amides is 1. The number of carbonyl (C=O) groups excluding carboxylic acids is 1. The maximum Gasteiger partial charge on any atom is 0.241 e. The van der Waals surface area contributed by atoms with Crippen LogP contribution in [0.1, 0.15) is 17.2 Å². The molecule has 1 atom stereocenters. The molecule has 1 aliphatic heterocycles. The molecule has 0 aliphatic carbocycles. The lowest BCUT2D eigenvalue weighted by Gasteiger charge is -2.13. The Bertz CT molecular complexity index is 1020. The van der Waals surface area contributed by atoms with Crippen LogP contribution < -0.4 is 10.1 Å². The largest absolute Gasteiger partial charge is 0.487 e. The summed E-state index contributed by atoms with van der Waals surface area (Å²) >= 11 is 0. The molecule has 4 rings (SSSR count). The van der Waals surface area contributed by atoms with Crippen molar-refractivity contribution in [2.45, 2.75) is 32.9 Å². The predicted octanol–water partition coefficient (Wildman–Crippen LogP) is 1.61. The van der Waals surface area contributed by atoms with Gasteiger partial charge in [0.2, 0.25) is 5.91 Å². The monoisotopic (exact) mass is 382 g/mol. The Labute approximate surface area is 160 Å². The SMILES string of the molecule is Cc1nc(C)n(CC(=O)NCC2Cc3cc(F)cc(-c4ncccn4)c3O2)n1. The zero-order valence-electron chi connectivity index (χ0n) is 15.5. The van der Waals surface area contributed by atoms with Gasteiger partial charge in [-0.25, -0.2) is 24.0 Å². The number of nitrogens with zero attached hydrogens (tertiary/aromatic N) is 5. The number of hydrogen-bond acceptors (Lipinski definition) is 6. The highest BCUT2D eigenvalue weighted by Crippen LogP contribution is 2.38. The third kappa shape index (κ3) is 3.68. The lowest BCUT2D eigenvalue weighted by atomic mass is 10.1. The molecule has 0 spiro atoms. The van der Waals surface area contributed by atoms with Gasteiger partial charge >= 0.3 is 0 Å². The second-order valence-corrected chi connectivity index (χ2v) is 6.63. The molecule has 144 valence electrons. The van der Waals surface area contributed by atoms with Crippen LogP contribution in [-0.2, 0) is 17.8 Å². The number of rotatable bonds is 5. The topological polar surface area (TPSA) is 94.8 Å². The summed E-state index contributed by atoms with van der Waals surface area (Å²) in [4.78, 5) is 24.7. The Kier molecular flexibility index (Phi) is 4.72. The van der Waals surface area contributed by atoms with Crippen molar-refractivity contribution < 1.29 is 13.9 Å². The zero-order valence-corrected chi connectivity index (χ0v) is 15.5. The first kappa shape index (κ1) is 18.0. The van der Waals surface area contributed by atoms with E-state index in [-0.39, 0.29) is 24.4 Å². The van der Waals surface area contributed by atoms with E-state index >= 15 is 0 Å². The number of carbonyl (C=O) groups is 1. The molecule has 0 fully saturated rings. The number of benzene rings is 1. The number of hydrogen-bond donors (Lipinski definition) is 1. The summed E-state index contributed by atoms with van der Waals surface area (Å²) in [5, 5.41) is 7.02. The van der Waals surface area contributed by atoms with Crippen molar-refractivity contribution in [2.24, 2.45) is 0 Å². The van der Waals surface area contributed by atoms with E-state index in [1.165, 1.54) is 12.1 Å². The summed E-state index contributed by atoms with van der Waals surface area (Å²) in [6.45, 7) is 3.96. The highest BCUT2D eigenvalue weighted by molar-refractivity contribution is 5.75. The van der Waals surface area contributed by atoms with Gasteiger partial charge in [-0.1, -0.05) is 0 Å². The van der Waals surface area contributed by atoms with E-state index in [0.29, 0.717) is 41.8 Å². The average molecular weight is 382 g/mol. The molecular weight excluding hydrogens is 363 g/mol. The molecule has 1 aromatic carbocycles. The minimum absolute atomic E-state index is 0.0874. The molecule has 8 nitrogen and oxygen atoms in total. The molecule has 1 aliphatic rings. The molecule has 1 N–H and O–H groups in total. The first-order chi connectivity index (χ1) is 13.5. The van der Waals surface area contributed by atoms with Crippen molar-refractivity contribution >= 4 is 5.91 Å². The Morgan fingerprint density at radius 3 is 2.82 bits per heavy atom. The van der Waals surface area contributed by atoms with E-state index in [4.69, 9.17) is 4.74 Å². The van der Waals surface area contributed by atoms with Gasteiger partial charge in [0.15, 0.2) is 5.82 Å². The molecule has 1 amide bonds. The lowest BCUT2D eigenvalue weighted by molar-refractivity contribution is -0.122. The van der Waals surface area contributed by atoms with Crippen molar-refractivity contribution in [1.82, 2.24) is 30.0 Å². The molecule has 1 unspecified atom stereocenters. The second kappa shape index (κ2) is 7.34. The molecule has 0 saturated heterocycles. The quantitative estimate of drug-likeness (QED) is 0.720. The zero-order chi connectivity index (χ0) is 19.7. The van der Waals surface area contributed by atoms with Gasteiger partial charge in [-0.05, 0) is 32.0 Å². The third-order valence-electron chi connectivity index (χ3n) is 4.45. The Morgan fingerprint density at radius 2 is 2.11 bits per heavy atom. The normalized spacial score (nSPS) is 15.2. The number of fused-ring (bicyclic) bond motifs is 1. The molecule has 3 heterocycles. The molecule has 9 heteroatoms. The number of ether oxygens (including phenoxy) is 1. The van der Waals surface area contributed by atoms with Crippen LogP contribution in [-0.4, -0.2) is 43.3 Å². The van der Waals surface area contributed by atoms with E-state index in [1.54, 1.807) is 37.0 Å². The van der Waals surface area contributed by atoms with Gasteiger partial charge in [-0.3, -0.25) is 4.79 Å². The summed E-state index contributed by atoms with van der Waals surface area (Å²) < 4.78 is 21.6. The summed E-state index contributed by atoms with van der Waals surface area (Å²) in [7, 11) is 0. The van der Waals surface area contributed by atoms with E-state index < -0.39 is 0 Å². The highest BCUT2D eigenvalue weighted by atomic mass is 19.1. The number of aromatic nitrogens is 5. The van der Waals surface area contributed by atoms with Crippen LogP contribution in [0.5, 0.6) is 5.75 Å². The van der Waals surface area contributed by atoms with Gasteiger partial charge in [0.05, 0.1) is 12.1 Å². The maximum absolute atomic E-state index is 14.0. The average Bonchev–Trinajstić information content (AvgIpc) is 3.22. The molecule has 28 heavy (non-hydrogen) atoms. The van der Waals surface area contributed by atoms with Gasteiger partial charge in [-0.15, -0.1) is 0 Å². The van der Waals surface area contributed by atoms with Crippen LogP contribution in [0.4, 0.5) is 4.39 Å². The maximum atomic E-state index is 14.0. The highest BCUT2D eigenvalue weighted by Gasteiger charge is 2.28. The fourth-order valence-electron chi connectivity index (χ4n) is 3.24. The van der Waals surface area contributed by atoms with Crippen molar-refractivity contribution in [3.8, 4) is 17.1 Å². The Morgan fingerprint density at radius 1 is 1.32 bits per heavy atom. The third-order valence-corrected chi connectivity index (χ3v) is 4.45. The second-order valence-electron chi connectivity index (χ2n) is 6.63.